The highest BCUT2D eigenvalue weighted by atomic mass is 16.5. The number of rotatable bonds is 3. The zero-order chi connectivity index (χ0) is 14.3. The zero-order valence-corrected chi connectivity index (χ0v) is 11.0. The fourth-order valence-electron chi connectivity index (χ4n) is 1.34. The molecule has 0 aliphatic heterocycles. The van der Waals surface area contributed by atoms with Gasteiger partial charge in [0.2, 0.25) is 0 Å². The second-order valence-corrected chi connectivity index (χ2v) is 3.46. The molecular formula is C14H14O5. The van der Waals surface area contributed by atoms with Crippen molar-refractivity contribution in [3.05, 3.63) is 29.3 Å². The van der Waals surface area contributed by atoms with Crippen molar-refractivity contribution in [3.63, 3.8) is 0 Å². The molecule has 100 valence electrons. The van der Waals surface area contributed by atoms with Crippen LogP contribution in [0, 0.1) is 11.8 Å². The van der Waals surface area contributed by atoms with E-state index in [1.165, 1.54) is 21.3 Å². The third-order valence-corrected chi connectivity index (χ3v) is 2.30. The topological polar surface area (TPSA) is 61.8 Å². The van der Waals surface area contributed by atoms with Gasteiger partial charge in [-0.05, 0) is 18.2 Å². The minimum Gasteiger partial charge on any atom is -0.496 e. The molecule has 0 unspecified atom stereocenters. The minimum absolute atomic E-state index is 0.0115. The molecule has 0 N–H and O–H groups in total. The number of hydrogen-bond acceptors (Lipinski definition) is 5. The lowest BCUT2D eigenvalue weighted by atomic mass is 10.1. The Morgan fingerprint density at radius 2 is 1.89 bits per heavy atom. The van der Waals surface area contributed by atoms with Crippen LogP contribution in [0.2, 0.25) is 0 Å². The molecule has 0 fully saturated rings. The van der Waals surface area contributed by atoms with Gasteiger partial charge < -0.3 is 14.2 Å². The van der Waals surface area contributed by atoms with E-state index >= 15 is 0 Å². The van der Waals surface area contributed by atoms with E-state index < -0.39 is 11.9 Å². The van der Waals surface area contributed by atoms with Gasteiger partial charge in [0.25, 0.3) is 0 Å². The molecular weight excluding hydrogens is 248 g/mol. The molecule has 19 heavy (non-hydrogen) atoms. The summed E-state index contributed by atoms with van der Waals surface area (Å²) in [4.78, 5) is 22.3. The second kappa shape index (κ2) is 7.07. The lowest BCUT2D eigenvalue weighted by molar-refractivity contribution is -0.139. The van der Waals surface area contributed by atoms with Gasteiger partial charge in [-0.1, -0.05) is 11.8 Å². The summed E-state index contributed by atoms with van der Waals surface area (Å²) in [5.41, 5.74) is 0.955. The highest BCUT2D eigenvalue weighted by Crippen LogP contribution is 2.20. The minimum atomic E-state index is -0.481. The largest absolute Gasteiger partial charge is 0.496 e. The predicted molar refractivity (Wildman–Crippen MR) is 67.8 cm³/mol. The summed E-state index contributed by atoms with van der Waals surface area (Å²) in [5.74, 6) is 4.95. The van der Waals surface area contributed by atoms with Crippen LogP contribution in [-0.2, 0) is 14.3 Å². The van der Waals surface area contributed by atoms with E-state index in [2.05, 4.69) is 21.3 Å². The Kier molecular flexibility index (Phi) is 5.42. The maximum Gasteiger partial charge on any atom is 0.341 e. The number of hydrogen-bond donors (Lipinski definition) is 0. The van der Waals surface area contributed by atoms with Crippen molar-refractivity contribution < 1.29 is 23.8 Å². The maximum absolute atomic E-state index is 11.4. The lowest BCUT2D eigenvalue weighted by Gasteiger charge is -2.06. The first-order valence-corrected chi connectivity index (χ1v) is 5.44. The van der Waals surface area contributed by atoms with E-state index in [9.17, 15) is 9.59 Å². The van der Waals surface area contributed by atoms with Gasteiger partial charge in [-0.2, -0.15) is 0 Å². The first kappa shape index (κ1) is 14.6. The van der Waals surface area contributed by atoms with Crippen molar-refractivity contribution >= 4 is 11.9 Å². The molecule has 0 radical (unpaired) electrons. The molecule has 0 amide bonds. The molecule has 0 spiro atoms. The average molecular weight is 262 g/mol. The van der Waals surface area contributed by atoms with Crippen molar-refractivity contribution in [1.29, 1.82) is 0 Å². The van der Waals surface area contributed by atoms with Crippen LogP contribution >= 0.6 is 0 Å². The van der Waals surface area contributed by atoms with Crippen LogP contribution in [0.5, 0.6) is 5.75 Å². The Hall–Kier alpha value is -2.48. The van der Waals surface area contributed by atoms with Gasteiger partial charge in [0.15, 0.2) is 0 Å². The van der Waals surface area contributed by atoms with Gasteiger partial charge in [-0.25, -0.2) is 4.79 Å². The number of carbonyl (C=O) groups excluding carboxylic acids is 2. The molecule has 0 heterocycles. The molecule has 0 aromatic heterocycles. The van der Waals surface area contributed by atoms with Crippen LogP contribution in [-0.4, -0.2) is 33.3 Å². The third-order valence-electron chi connectivity index (χ3n) is 2.30. The Morgan fingerprint density at radius 1 is 1.16 bits per heavy atom. The van der Waals surface area contributed by atoms with Gasteiger partial charge >= 0.3 is 11.9 Å². The van der Waals surface area contributed by atoms with Gasteiger partial charge in [0.1, 0.15) is 17.7 Å². The Bertz CT molecular complexity index is 537. The molecule has 0 aliphatic carbocycles. The number of methoxy groups -OCH3 is 3. The summed E-state index contributed by atoms with van der Waals surface area (Å²) in [6.07, 6.45) is 0.0115. The van der Waals surface area contributed by atoms with Crippen LogP contribution in [0.25, 0.3) is 0 Å². The highest BCUT2D eigenvalue weighted by molar-refractivity contribution is 5.92. The van der Waals surface area contributed by atoms with Gasteiger partial charge in [-0.3, -0.25) is 4.79 Å². The maximum atomic E-state index is 11.4. The normalized spacial score (nSPS) is 9.00. The first-order valence-electron chi connectivity index (χ1n) is 5.44. The number of carbonyl (C=O) groups is 2. The second-order valence-electron chi connectivity index (χ2n) is 3.46. The van der Waals surface area contributed by atoms with Crippen molar-refractivity contribution in [2.45, 2.75) is 6.42 Å². The molecule has 1 aromatic carbocycles. The van der Waals surface area contributed by atoms with Crippen molar-refractivity contribution in [1.82, 2.24) is 0 Å². The van der Waals surface area contributed by atoms with Crippen molar-refractivity contribution in [2.24, 2.45) is 0 Å². The van der Waals surface area contributed by atoms with Gasteiger partial charge in [0, 0.05) is 5.56 Å². The average Bonchev–Trinajstić information content (AvgIpc) is 2.45. The predicted octanol–water partition coefficient (Wildman–Crippen LogP) is 1.40. The van der Waals surface area contributed by atoms with Crippen LogP contribution in [0.3, 0.4) is 0 Å². The van der Waals surface area contributed by atoms with Crippen molar-refractivity contribution in [2.75, 3.05) is 21.3 Å². The standard InChI is InChI=1S/C14H14O5/c1-17-12-9-10(5-4-6-13(15)18-2)7-8-11(12)14(16)19-3/h7-9H,6H2,1-3H3. The fourth-order valence-corrected chi connectivity index (χ4v) is 1.34. The van der Waals surface area contributed by atoms with Crippen LogP contribution in [0.4, 0.5) is 0 Å². The summed E-state index contributed by atoms with van der Waals surface area (Å²) in [7, 11) is 4.05. The highest BCUT2D eigenvalue weighted by Gasteiger charge is 2.12. The summed E-state index contributed by atoms with van der Waals surface area (Å²) in [6.45, 7) is 0. The van der Waals surface area contributed by atoms with Crippen molar-refractivity contribution in [3.8, 4) is 17.6 Å². The van der Waals surface area contributed by atoms with Gasteiger partial charge in [-0.15, -0.1) is 0 Å². The molecule has 1 rings (SSSR count). The first-order chi connectivity index (χ1) is 9.12. The molecule has 0 atom stereocenters. The Morgan fingerprint density at radius 3 is 2.47 bits per heavy atom. The Balaban J connectivity index is 2.94. The van der Waals surface area contributed by atoms with E-state index in [-0.39, 0.29) is 6.42 Å². The molecule has 0 saturated heterocycles. The van der Waals surface area contributed by atoms with E-state index in [4.69, 9.17) is 4.74 Å². The smallest absolute Gasteiger partial charge is 0.341 e. The molecule has 1 aromatic rings. The number of benzene rings is 1. The van der Waals surface area contributed by atoms with Gasteiger partial charge in [0.05, 0.1) is 21.3 Å². The molecule has 0 bridgehead atoms. The van der Waals surface area contributed by atoms with Crippen LogP contribution in [0.1, 0.15) is 22.3 Å². The summed E-state index contributed by atoms with van der Waals surface area (Å²) in [5, 5.41) is 0. The van der Waals surface area contributed by atoms with Crippen LogP contribution in [0.15, 0.2) is 18.2 Å². The quantitative estimate of drug-likeness (QED) is 0.608. The Labute approximate surface area is 111 Å². The summed E-state index contributed by atoms with van der Waals surface area (Å²) in [6, 6.07) is 4.82. The molecule has 0 saturated carbocycles. The van der Waals surface area contributed by atoms with E-state index in [1.54, 1.807) is 18.2 Å². The lowest BCUT2D eigenvalue weighted by Crippen LogP contribution is -2.04. The summed E-state index contributed by atoms with van der Waals surface area (Å²) < 4.78 is 14.2. The molecule has 5 nitrogen and oxygen atoms in total. The zero-order valence-electron chi connectivity index (χ0n) is 11.0. The van der Waals surface area contributed by atoms with E-state index in [0.717, 1.165) is 0 Å². The van der Waals surface area contributed by atoms with E-state index in [1.807, 2.05) is 0 Å². The fraction of sp³-hybridized carbons (Fsp3) is 0.286. The summed E-state index contributed by atoms with van der Waals surface area (Å²) >= 11 is 0. The SMILES string of the molecule is COC(=O)CC#Cc1ccc(C(=O)OC)c(OC)c1. The third kappa shape index (κ3) is 4.03. The number of ether oxygens (including phenoxy) is 3. The van der Waals surface area contributed by atoms with Crippen LogP contribution < -0.4 is 4.74 Å². The number of esters is 2. The van der Waals surface area contributed by atoms with E-state index in [0.29, 0.717) is 16.9 Å². The monoisotopic (exact) mass is 262 g/mol. The molecule has 5 heteroatoms. The molecule has 0 aliphatic rings.